The number of aliphatic carboxylic acids is 4. The number of unbranched alkanes of at least 4 members (excludes halogenated alkanes) is 1. The van der Waals surface area contributed by atoms with Gasteiger partial charge in [0, 0.05) is 140 Å². The predicted octanol–water partition coefficient (Wildman–Crippen LogP) is -0.424. The molecule has 32 nitrogen and oxygen atoms in total. The molecule has 9 amide bonds. The number of carbonyl (C=O) groups is 12. The number of urea groups is 1. The minimum absolute atomic E-state index is 0.0139. The molecule has 6 rings (SSSR count). The van der Waals surface area contributed by atoms with E-state index in [1.165, 1.54) is 39.5 Å². The zero-order valence-corrected chi connectivity index (χ0v) is 60.8. The Hall–Kier alpha value is -7.83. The van der Waals surface area contributed by atoms with Crippen LogP contribution in [0.5, 0.6) is 0 Å². The van der Waals surface area contributed by atoms with E-state index in [-0.39, 0.29) is 129 Å². The maximum absolute atomic E-state index is 14.9. The van der Waals surface area contributed by atoms with E-state index >= 15 is 0 Å². The van der Waals surface area contributed by atoms with E-state index in [0.717, 1.165) is 28.7 Å². The molecule has 0 aromatic heterocycles. The van der Waals surface area contributed by atoms with E-state index in [1.807, 2.05) is 17.9 Å². The zero-order valence-electron chi connectivity index (χ0n) is 59.1. The Kier molecular flexibility index (Phi) is 36.0. The summed E-state index contributed by atoms with van der Waals surface area (Å²) in [5.41, 5.74) is 14.7. The highest BCUT2D eigenvalue weighted by atomic mass is 32.2. The molecule has 570 valence electrons. The highest BCUT2D eigenvalue weighted by molar-refractivity contribution is 7.98. The van der Waals surface area contributed by atoms with Gasteiger partial charge in [0.2, 0.25) is 41.4 Å². The van der Waals surface area contributed by atoms with E-state index in [9.17, 15) is 83.1 Å². The van der Waals surface area contributed by atoms with Crippen LogP contribution in [0.4, 0.5) is 4.79 Å². The number of piperazine rings is 1. The Morgan fingerprint density at radius 2 is 1.16 bits per heavy atom. The average Bonchev–Trinajstić information content (AvgIpc) is 1.68. The largest absolute Gasteiger partial charge is 0.481 e. The van der Waals surface area contributed by atoms with Crippen LogP contribution in [0, 0.1) is 5.92 Å². The van der Waals surface area contributed by atoms with E-state index in [4.69, 9.17) is 11.5 Å². The van der Waals surface area contributed by atoms with Crippen LogP contribution < -0.4 is 32.7 Å². The Morgan fingerprint density at radius 1 is 0.612 bits per heavy atom. The second kappa shape index (κ2) is 44.1. The van der Waals surface area contributed by atoms with Gasteiger partial charge in [0.1, 0.15) is 24.4 Å². The van der Waals surface area contributed by atoms with Crippen molar-refractivity contribution in [2.45, 2.75) is 139 Å². The lowest BCUT2D eigenvalue weighted by molar-refractivity contribution is -0.147. The number of rotatable bonds is 39. The number of aliphatic hydroxyl groups excluding tert-OH is 1. The molecule has 4 aliphatic heterocycles. The molecule has 103 heavy (non-hydrogen) atoms. The number of nitrogens with one attached hydrogen (secondary N) is 4. The van der Waals surface area contributed by atoms with E-state index in [2.05, 4.69) is 43.3 Å². The van der Waals surface area contributed by atoms with Crippen molar-refractivity contribution >= 4 is 101 Å². The second-order valence-electron chi connectivity index (χ2n) is 26.5. The van der Waals surface area contributed by atoms with Crippen LogP contribution in [-0.4, -0.2) is 314 Å². The summed E-state index contributed by atoms with van der Waals surface area (Å²) in [5, 5.41) is 60.7. The Balaban J connectivity index is 1.11. The van der Waals surface area contributed by atoms with Crippen molar-refractivity contribution in [3.63, 3.8) is 0 Å². The van der Waals surface area contributed by atoms with Gasteiger partial charge >= 0.3 is 29.9 Å². The fourth-order valence-electron chi connectivity index (χ4n) is 12.9. The summed E-state index contributed by atoms with van der Waals surface area (Å²) in [4.78, 5) is 174. The molecule has 34 heteroatoms. The number of aliphatic imine (C=N–C) groups is 1. The third kappa shape index (κ3) is 29.7. The van der Waals surface area contributed by atoms with Crippen molar-refractivity contribution in [2.24, 2.45) is 22.4 Å². The maximum Gasteiger partial charge on any atom is 0.340 e. The van der Waals surface area contributed by atoms with Gasteiger partial charge in [-0.2, -0.15) is 23.5 Å². The van der Waals surface area contributed by atoms with Crippen molar-refractivity contribution in [3.05, 3.63) is 70.8 Å². The van der Waals surface area contributed by atoms with E-state index in [0.29, 0.717) is 95.3 Å². The number of carbonyl (C=O) groups excluding carboxylic acids is 8. The first-order chi connectivity index (χ1) is 49.3. The number of hydrogen-bond acceptors (Lipinski definition) is 21. The summed E-state index contributed by atoms with van der Waals surface area (Å²) in [6.07, 6.45) is 2.56. The van der Waals surface area contributed by atoms with E-state index in [1.54, 1.807) is 56.9 Å². The molecule has 13 N–H and O–H groups in total. The lowest BCUT2D eigenvalue weighted by Gasteiger charge is -2.37. The molecular weight excluding hydrogens is 1370 g/mol. The van der Waals surface area contributed by atoms with Gasteiger partial charge in [-0.1, -0.05) is 68.8 Å². The minimum atomic E-state index is -1.58. The molecule has 7 atom stereocenters. The van der Waals surface area contributed by atoms with Gasteiger partial charge in [-0.25, -0.2) is 9.79 Å². The fourth-order valence-corrected chi connectivity index (χ4v) is 14.8. The fraction of sp³-hybridized carbons (Fsp3) is 0.638. The molecule has 2 aromatic rings. The first-order valence-electron chi connectivity index (χ1n) is 35.4. The third-order valence-corrected chi connectivity index (χ3v) is 20.7. The average molecular weight is 1480 g/mol. The minimum Gasteiger partial charge on any atom is -0.481 e. The molecule has 4 saturated heterocycles. The number of nitrogens with zero attached hydrogens (tertiary/aromatic N) is 9. The maximum atomic E-state index is 14.9. The van der Waals surface area contributed by atoms with Crippen LogP contribution in [0.25, 0.3) is 0 Å². The van der Waals surface area contributed by atoms with Crippen molar-refractivity contribution in [3.8, 4) is 0 Å². The van der Waals surface area contributed by atoms with Crippen molar-refractivity contribution in [1.29, 1.82) is 0 Å². The molecule has 4 heterocycles. The van der Waals surface area contributed by atoms with Crippen LogP contribution in [0.3, 0.4) is 0 Å². The molecule has 0 radical (unpaired) electrons. The van der Waals surface area contributed by atoms with Crippen molar-refractivity contribution in [2.75, 3.05) is 136 Å². The second-order valence-corrected chi connectivity index (χ2v) is 28.6. The van der Waals surface area contributed by atoms with Crippen LogP contribution in [0.2, 0.25) is 0 Å². The number of carboxylic acid groups (broad SMARTS) is 4. The molecule has 2 aromatic carbocycles. The molecule has 4 aliphatic rings. The number of nitrogens with two attached hydrogens (primary N) is 2. The normalized spacial score (nSPS) is 19.3. The molecule has 0 spiro atoms. The van der Waals surface area contributed by atoms with Crippen molar-refractivity contribution < 1.29 is 83.1 Å². The SMILES string of the molecule is CCCCNC(=O)/N=C/C(CSCc1cc(CSCCC(=O)O)cc(CN2CCN(C(=O)CN3CCN(CC(=O)O)CCN(CC(=O)O)CCN(CC(=O)O)CC3)CC2)c1)C(=O)N1CCC[C@H]1C(=O)N1CCC[C@H]1C(=O)N[C@@H](CC)C(=O)N[C@@H](CCC(N)=O)C(O)N[C@@H](Cc1ccccc1)C(N)=O. The molecule has 0 aliphatic carbocycles. The molecule has 0 saturated carbocycles. The predicted molar refractivity (Wildman–Crippen MR) is 386 cm³/mol. The standard InChI is InChI=1S/C69H105N15O17S2/c1-3-5-18-72-69(101)73-38-51(67(99)84-20-10-14-56(84)68(100)83-19-9-13-55(83)66(98)74-52(4-2)64(96)75-53(15-16-57(70)85)65(97)76-54(63(71)95)37-47-11-7-6-8-12-47)46-103-45-50-35-48(34-49(36-50)44-102-33-17-59(87)88)39-77-29-31-82(32-30-77)58(86)40-78-21-23-79(41-60(89)90)25-27-81(43-62(93)94)28-26-80(24-22-78)42-61(91)92/h6-8,11-12,34-36,38,51-56,65,76,97H,3-5,9-10,13-33,37,39-46H2,1-2H3,(H2,70,85)(H2,71,95)(H,72,101)(H,74,98)(H,75,96)(H,87,88)(H,89,90)(H,91,92)(H,93,94)/b73-38+/t51?,52-,53-,54-,55-,56-,65?/m0/s1. The van der Waals surface area contributed by atoms with Crippen LogP contribution in [0.15, 0.2) is 53.5 Å². The summed E-state index contributed by atoms with van der Waals surface area (Å²) in [5.74, 6) is -7.38. The number of benzene rings is 2. The van der Waals surface area contributed by atoms with Gasteiger partial charge in [0.25, 0.3) is 0 Å². The van der Waals surface area contributed by atoms with Gasteiger partial charge < -0.3 is 67.7 Å². The summed E-state index contributed by atoms with van der Waals surface area (Å²) >= 11 is 2.91. The Bertz CT molecular complexity index is 3170. The van der Waals surface area contributed by atoms with Crippen LogP contribution in [0.1, 0.15) is 100 Å². The van der Waals surface area contributed by atoms with Gasteiger partial charge in [-0.3, -0.25) is 82.6 Å². The van der Waals surface area contributed by atoms with Crippen LogP contribution >= 0.6 is 23.5 Å². The summed E-state index contributed by atoms with van der Waals surface area (Å²) in [7, 11) is 0. The summed E-state index contributed by atoms with van der Waals surface area (Å²) in [6, 6.07) is 9.11. The van der Waals surface area contributed by atoms with E-state index < -0.39 is 108 Å². The number of thioether (sulfide) groups is 2. The molecular formula is C69H105N15O17S2. The molecule has 4 fully saturated rings. The van der Waals surface area contributed by atoms with Gasteiger partial charge in [0.05, 0.1) is 50.6 Å². The topological polar surface area (TPSA) is 444 Å². The van der Waals surface area contributed by atoms with Gasteiger partial charge in [-0.05, 0) is 73.6 Å². The van der Waals surface area contributed by atoms with Crippen molar-refractivity contribution in [1.82, 2.24) is 60.5 Å². The zero-order chi connectivity index (χ0) is 75.0. The number of carboxylic acids is 4. The smallest absolute Gasteiger partial charge is 0.340 e. The summed E-state index contributed by atoms with van der Waals surface area (Å²) < 4.78 is 0. The monoisotopic (exact) mass is 1480 g/mol. The van der Waals surface area contributed by atoms with Crippen LogP contribution in [-0.2, 0) is 77.2 Å². The highest BCUT2D eigenvalue weighted by Crippen LogP contribution is 2.29. The number of aliphatic hydroxyl groups is 1. The molecule has 0 bridgehead atoms. The number of primary amides is 2. The first kappa shape index (κ1) is 84.1. The quantitative estimate of drug-likeness (QED) is 0.0230. The number of hydrogen-bond donors (Lipinski definition) is 11. The molecule has 2 unspecified atom stereocenters. The highest BCUT2D eigenvalue weighted by Gasteiger charge is 2.44. The Morgan fingerprint density at radius 3 is 1.70 bits per heavy atom. The Labute approximate surface area is 609 Å². The first-order valence-corrected chi connectivity index (χ1v) is 37.7. The number of likely N-dealkylation sites (tertiary alicyclic amines) is 2. The van der Waals surface area contributed by atoms with Gasteiger partial charge in [-0.15, -0.1) is 0 Å². The number of amides is 9. The summed E-state index contributed by atoms with van der Waals surface area (Å²) in [6.45, 7) is 8.15. The third-order valence-electron chi connectivity index (χ3n) is 18.5. The lowest BCUT2D eigenvalue weighted by atomic mass is 10.0. The lowest BCUT2D eigenvalue weighted by Crippen LogP contribution is -2.60. The van der Waals surface area contributed by atoms with Gasteiger partial charge in [0.15, 0.2) is 0 Å².